The van der Waals surface area contributed by atoms with Gasteiger partial charge >= 0.3 is 5.97 Å². The molecule has 0 spiro atoms. The standard InChI is InChI=1S/C19H25NO4S/c21-16(20-4-3-15-2-1-5-25-15)11-24-17(22)18-7-13-6-14(8-18)10-19(23,9-13)12-18/h1-2,5,13-14,23H,3-4,6-12H2,(H,20,21)/t13-,14-,18?,19?/m1/s1. The molecule has 25 heavy (non-hydrogen) atoms. The number of hydrogen-bond donors (Lipinski definition) is 2. The van der Waals surface area contributed by atoms with E-state index in [1.54, 1.807) is 11.3 Å². The van der Waals surface area contributed by atoms with Crippen molar-refractivity contribution in [2.45, 2.75) is 50.5 Å². The minimum Gasteiger partial charge on any atom is -0.455 e. The molecule has 1 heterocycles. The number of esters is 1. The number of aliphatic hydroxyl groups is 1. The van der Waals surface area contributed by atoms with Crippen LogP contribution in [0.25, 0.3) is 0 Å². The summed E-state index contributed by atoms with van der Waals surface area (Å²) in [5, 5.41) is 15.5. The van der Waals surface area contributed by atoms with Crippen LogP contribution >= 0.6 is 11.3 Å². The summed E-state index contributed by atoms with van der Waals surface area (Å²) in [7, 11) is 0. The van der Waals surface area contributed by atoms with Crippen LogP contribution in [-0.2, 0) is 20.7 Å². The Bertz CT molecular complexity index is 642. The van der Waals surface area contributed by atoms with E-state index in [1.807, 2.05) is 17.5 Å². The van der Waals surface area contributed by atoms with Gasteiger partial charge in [-0.1, -0.05) is 6.07 Å². The lowest BCUT2D eigenvalue weighted by atomic mass is 9.48. The van der Waals surface area contributed by atoms with Crippen molar-refractivity contribution >= 4 is 23.2 Å². The van der Waals surface area contributed by atoms with Crippen LogP contribution in [0.4, 0.5) is 0 Å². The van der Waals surface area contributed by atoms with E-state index in [1.165, 1.54) is 4.88 Å². The molecule has 5 rings (SSSR count). The maximum absolute atomic E-state index is 12.7. The number of ether oxygens (including phenoxy) is 1. The van der Waals surface area contributed by atoms with Crippen molar-refractivity contribution in [1.29, 1.82) is 0 Å². The Balaban J connectivity index is 1.27. The molecule has 2 atom stereocenters. The minimum absolute atomic E-state index is 0.223. The fourth-order valence-electron chi connectivity index (χ4n) is 5.57. The van der Waals surface area contributed by atoms with Gasteiger partial charge in [0.2, 0.25) is 0 Å². The third kappa shape index (κ3) is 3.47. The molecule has 0 aliphatic heterocycles. The van der Waals surface area contributed by atoms with Gasteiger partial charge in [-0.15, -0.1) is 11.3 Å². The van der Waals surface area contributed by atoms with Crippen molar-refractivity contribution in [3.8, 4) is 0 Å². The predicted octanol–water partition coefficient (Wildman–Crippen LogP) is 2.28. The average molecular weight is 363 g/mol. The van der Waals surface area contributed by atoms with Crippen LogP contribution in [0.2, 0.25) is 0 Å². The minimum atomic E-state index is -0.688. The summed E-state index contributed by atoms with van der Waals surface area (Å²) in [6.07, 6.45) is 5.68. The van der Waals surface area contributed by atoms with E-state index in [4.69, 9.17) is 4.74 Å². The fraction of sp³-hybridized carbons (Fsp3) is 0.684. The van der Waals surface area contributed by atoms with Crippen LogP contribution < -0.4 is 5.32 Å². The van der Waals surface area contributed by atoms with E-state index in [2.05, 4.69) is 5.32 Å². The van der Waals surface area contributed by atoms with Crippen LogP contribution in [0.15, 0.2) is 17.5 Å². The summed E-state index contributed by atoms with van der Waals surface area (Å²) in [5.41, 5.74) is -1.25. The lowest BCUT2D eigenvalue weighted by molar-refractivity contribution is -0.196. The maximum atomic E-state index is 12.7. The van der Waals surface area contributed by atoms with Crippen LogP contribution in [0.3, 0.4) is 0 Å². The van der Waals surface area contributed by atoms with E-state index < -0.39 is 11.0 Å². The van der Waals surface area contributed by atoms with Crippen molar-refractivity contribution < 1.29 is 19.4 Å². The van der Waals surface area contributed by atoms with E-state index in [0.29, 0.717) is 24.8 Å². The third-order valence-electron chi connectivity index (χ3n) is 6.07. The van der Waals surface area contributed by atoms with Gasteiger partial charge in [0.1, 0.15) is 0 Å². The number of carbonyl (C=O) groups excluding carboxylic acids is 2. The largest absolute Gasteiger partial charge is 0.455 e. The lowest BCUT2D eigenvalue weighted by Crippen LogP contribution is -2.58. The summed E-state index contributed by atoms with van der Waals surface area (Å²) in [5.74, 6) is 0.318. The van der Waals surface area contributed by atoms with Crippen LogP contribution in [-0.4, -0.2) is 35.7 Å². The molecule has 4 saturated carbocycles. The Morgan fingerprint density at radius 1 is 1.28 bits per heavy atom. The summed E-state index contributed by atoms with van der Waals surface area (Å²) in [6.45, 7) is 0.324. The molecule has 0 radical (unpaired) electrons. The molecule has 0 aromatic carbocycles. The number of hydrogen-bond acceptors (Lipinski definition) is 5. The zero-order valence-corrected chi connectivity index (χ0v) is 15.1. The lowest BCUT2D eigenvalue weighted by Gasteiger charge is -2.58. The highest BCUT2D eigenvalue weighted by Crippen LogP contribution is 2.61. The third-order valence-corrected chi connectivity index (χ3v) is 7.01. The highest BCUT2D eigenvalue weighted by molar-refractivity contribution is 7.09. The van der Waals surface area contributed by atoms with E-state index in [0.717, 1.165) is 38.5 Å². The first-order chi connectivity index (χ1) is 12.0. The summed E-state index contributed by atoms with van der Waals surface area (Å²) in [4.78, 5) is 25.8. The number of thiophene rings is 1. The molecule has 0 unspecified atom stereocenters. The van der Waals surface area contributed by atoms with Crippen molar-refractivity contribution in [3.05, 3.63) is 22.4 Å². The number of carbonyl (C=O) groups is 2. The van der Waals surface area contributed by atoms with Crippen LogP contribution in [0, 0.1) is 17.3 Å². The van der Waals surface area contributed by atoms with Crippen molar-refractivity contribution in [3.63, 3.8) is 0 Å². The zero-order valence-electron chi connectivity index (χ0n) is 14.3. The Kier molecular flexibility index (Phi) is 4.36. The Morgan fingerprint density at radius 3 is 2.68 bits per heavy atom. The summed E-state index contributed by atoms with van der Waals surface area (Å²) >= 11 is 1.66. The van der Waals surface area contributed by atoms with Crippen molar-refractivity contribution in [1.82, 2.24) is 5.32 Å². The van der Waals surface area contributed by atoms with E-state index in [-0.39, 0.29) is 18.5 Å². The van der Waals surface area contributed by atoms with Gasteiger partial charge in [0.25, 0.3) is 5.91 Å². The summed E-state index contributed by atoms with van der Waals surface area (Å²) in [6, 6.07) is 4.03. The van der Waals surface area contributed by atoms with E-state index >= 15 is 0 Å². The normalized spacial score (nSPS) is 35.6. The highest BCUT2D eigenvalue weighted by atomic mass is 32.1. The van der Waals surface area contributed by atoms with Crippen molar-refractivity contribution in [2.75, 3.05) is 13.2 Å². The van der Waals surface area contributed by atoms with Gasteiger partial charge in [-0.2, -0.15) is 0 Å². The molecule has 2 N–H and O–H groups in total. The quantitative estimate of drug-likeness (QED) is 0.761. The molecule has 1 amide bonds. The molecule has 4 fully saturated rings. The summed E-state index contributed by atoms with van der Waals surface area (Å²) < 4.78 is 5.36. The average Bonchev–Trinajstić information content (AvgIpc) is 3.03. The van der Waals surface area contributed by atoms with Gasteiger partial charge in [0.15, 0.2) is 6.61 Å². The highest BCUT2D eigenvalue weighted by Gasteiger charge is 2.60. The smallest absolute Gasteiger partial charge is 0.312 e. The van der Waals surface area contributed by atoms with Crippen molar-refractivity contribution in [2.24, 2.45) is 17.3 Å². The number of nitrogens with one attached hydrogen (secondary N) is 1. The second-order valence-corrected chi connectivity index (χ2v) is 9.25. The first-order valence-corrected chi connectivity index (χ1v) is 10.0. The van der Waals surface area contributed by atoms with Crippen LogP contribution in [0.1, 0.15) is 43.4 Å². The molecular formula is C19H25NO4S. The number of rotatable bonds is 6. The predicted molar refractivity (Wildman–Crippen MR) is 94.1 cm³/mol. The van der Waals surface area contributed by atoms with Gasteiger partial charge in [-0.3, -0.25) is 9.59 Å². The van der Waals surface area contributed by atoms with Crippen LogP contribution in [0.5, 0.6) is 0 Å². The Hall–Kier alpha value is -1.40. The topological polar surface area (TPSA) is 75.6 Å². The molecule has 136 valence electrons. The van der Waals surface area contributed by atoms with Gasteiger partial charge < -0.3 is 15.2 Å². The molecule has 5 nitrogen and oxygen atoms in total. The molecule has 4 aliphatic carbocycles. The molecule has 4 bridgehead atoms. The number of amides is 1. The zero-order chi connectivity index (χ0) is 17.5. The molecule has 6 heteroatoms. The second-order valence-electron chi connectivity index (χ2n) is 8.22. The molecule has 1 aromatic rings. The monoisotopic (exact) mass is 363 g/mol. The van der Waals surface area contributed by atoms with Gasteiger partial charge in [-0.05, 0) is 68.2 Å². The molecule has 4 aliphatic rings. The fourth-order valence-corrected chi connectivity index (χ4v) is 6.28. The van der Waals surface area contributed by atoms with Gasteiger partial charge in [0, 0.05) is 11.4 Å². The first kappa shape index (κ1) is 17.0. The Morgan fingerprint density at radius 2 is 2.04 bits per heavy atom. The SMILES string of the molecule is O=C(COC(=O)C12C[C@H]3C[C@@H](CC(O)(C3)C1)C2)NCCc1cccs1. The molecule has 1 aromatic heterocycles. The van der Waals surface area contributed by atoms with E-state index in [9.17, 15) is 14.7 Å². The van der Waals surface area contributed by atoms with Gasteiger partial charge in [-0.25, -0.2) is 0 Å². The van der Waals surface area contributed by atoms with Gasteiger partial charge in [0.05, 0.1) is 11.0 Å². The maximum Gasteiger partial charge on any atom is 0.312 e. The first-order valence-electron chi connectivity index (χ1n) is 9.15. The second kappa shape index (κ2) is 6.40. The molecule has 0 saturated heterocycles. The Labute approximate surface area is 151 Å². The molecular weight excluding hydrogens is 338 g/mol.